The van der Waals surface area contributed by atoms with Crippen LogP contribution in [0.5, 0.6) is 0 Å². The minimum absolute atomic E-state index is 0.0549. The van der Waals surface area contributed by atoms with Crippen LogP contribution in [0.25, 0.3) is 0 Å². The van der Waals surface area contributed by atoms with Gasteiger partial charge in [0.05, 0.1) is 11.1 Å². The zero-order chi connectivity index (χ0) is 27.7. The van der Waals surface area contributed by atoms with E-state index in [-0.39, 0.29) is 18.5 Å². The maximum Gasteiger partial charge on any atom is 0.408 e. The van der Waals surface area contributed by atoms with Crippen molar-refractivity contribution in [1.29, 1.82) is 10.5 Å². The van der Waals surface area contributed by atoms with E-state index < -0.39 is 11.7 Å². The van der Waals surface area contributed by atoms with Crippen LogP contribution in [-0.2, 0) is 21.7 Å². The molecule has 2 amide bonds. The molecule has 2 N–H and O–H groups in total. The number of nitrogens with one attached hydrogen (secondary N) is 2. The number of carbonyl (C=O) groups is 2. The molecule has 0 radical (unpaired) electrons. The molecule has 1 aromatic heterocycles. The van der Waals surface area contributed by atoms with Crippen molar-refractivity contribution < 1.29 is 14.3 Å². The number of amides is 2. The molecule has 3 rings (SSSR count). The molecule has 0 spiro atoms. The SMILES string of the molecule is CCc1c(C#N)c(SCc2ccccc2)nc(N2CCC(NC(=O)CNC(=O)OC(C)(C)C)CC2)c1C#N. The largest absolute Gasteiger partial charge is 0.444 e. The van der Waals surface area contributed by atoms with E-state index in [0.29, 0.717) is 60.1 Å². The molecule has 1 fully saturated rings. The van der Waals surface area contributed by atoms with Gasteiger partial charge in [-0.05, 0) is 51.2 Å². The molecule has 0 saturated carbocycles. The highest BCUT2D eigenvalue weighted by Gasteiger charge is 2.27. The number of pyridine rings is 1. The molecule has 1 aliphatic heterocycles. The lowest BCUT2D eigenvalue weighted by atomic mass is 10.00. The number of piperidine rings is 1. The third-order valence-electron chi connectivity index (χ3n) is 6.00. The Hall–Kier alpha value is -3.76. The quantitative estimate of drug-likeness (QED) is 0.480. The van der Waals surface area contributed by atoms with Crippen molar-refractivity contribution in [2.45, 2.75) is 69.4 Å². The summed E-state index contributed by atoms with van der Waals surface area (Å²) in [5, 5.41) is 26.0. The first-order valence-corrected chi connectivity index (χ1v) is 13.7. The van der Waals surface area contributed by atoms with E-state index in [0.717, 1.165) is 11.1 Å². The third kappa shape index (κ3) is 7.87. The maximum absolute atomic E-state index is 12.3. The van der Waals surface area contributed by atoms with Crippen LogP contribution < -0.4 is 15.5 Å². The molecule has 0 unspecified atom stereocenters. The Labute approximate surface area is 228 Å². The Bertz CT molecular complexity index is 1220. The van der Waals surface area contributed by atoms with Gasteiger partial charge in [-0.1, -0.05) is 37.3 Å². The van der Waals surface area contributed by atoms with Crippen LogP contribution in [-0.4, -0.2) is 48.3 Å². The zero-order valence-corrected chi connectivity index (χ0v) is 23.2. The lowest BCUT2D eigenvalue weighted by Gasteiger charge is -2.34. The predicted octanol–water partition coefficient (Wildman–Crippen LogP) is 4.29. The molecule has 200 valence electrons. The predicted molar refractivity (Wildman–Crippen MR) is 147 cm³/mol. The average Bonchev–Trinajstić information content (AvgIpc) is 2.89. The summed E-state index contributed by atoms with van der Waals surface area (Å²) in [6.07, 6.45) is 1.25. The highest BCUT2D eigenvalue weighted by atomic mass is 32.2. The summed E-state index contributed by atoms with van der Waals surface area (Å²) in [5.74, 6) is 0.981. The second kappa shape index (κ2) is 13.2. The van der Waals surface area contributed by atoms with Gasteiger partial charge >= 0.3 is 6.09 Å². The van der Waals surface area contributed by atoms with Crippen molar-refractivity contribution in [2.24, 2.45) is 0 Å². The number of nitriles is 2. The van der Waals surface area contributed by atoms with E-state index in [1.54, 1.807) is 20.8 Å². The van der Waals surface area contributed by atoms with E-state index in [1.807, 2.05) is 37.3 Å². The molecule has 0 atom stereocenters. The summed E-state index contributed by atoms with van der Waals surface area (Å²) in [4.78, 5) is 31.0. The number of hydrogen-bond acceptors (Lipinski definition) is 8. The van der Waals surface area contributed by atoms with Crippen LogP contribution in [0.3, 0.4) is 0 Å². The standard InChI is InChI=1S/C28H34N6O3S/c1-5-21-22(15-29)25(33-26(23(21)16-30)38-18-19-9-7-6-8-10-19)34-13-11-20(12-14-34)32-24(35)17-31-27(36)37-28(2,3)4/h6-10,20H,5,11-14,17-18H2,1-4H3,(H,31,36)(H,32,35). The average molecular weight is 535 g/mol. The molecular formula is C28H34N6O3S. The van der Waals surface area contributed by atoms with Gasteiger partial charge in [-0.3, -0.25) is 4.79 Å². The fourth-order valence-corrected chi connectivity index (χ4v) is 5.18. The Kier molecular flexibility index (Phi) is 9.98. The van der Waals surface area contributed by atoms with E-state index >= 15 is 0 Å². The van der Waals surface area contributed by atoms with Crippen LogP contribution in [0.1, 0.15) is 62.8 Å². The Morgan fingerprint density at radius 2 is 1.79 bits per heavy atom. The van der Waals surface area contributed by atoms with Crippen molar-refractivity contribution in [2.75, 3.05) is 24.5 Å². The Balaban J connectivity index is 1.67. The molecular weight excluding hydrogens is 500 g/mol. The highest BCUT2D eigenvalue weighted by molar-refractivity contribution is 7.98. The fraction of sp³-hybridized carbons (Fsp3) is 0.464. The van der Waals surface area contributed by atoms with Crippen molar-refractivity contribution >= 4 is 29.6 Å². The van der Waals surface area contributed by atoms with Crippen molar-refractivity contribution in [1.82, 2.24) is 15.6 Å². The molecule has 1 aromatic carbocycles. The summed E-state index contributed by atoms with van der Waals surface area (Å²) in [6, 6.07) is 14.5. The van der Waals surface area contributed by atoms with Crippen LogP contribution in [0.4, 0.5) is 10.6 Å². The van der Waals surface area contributed by atoms with Crippen LogP contribution in [0, 0.1) is 22.7 Å². The van der Waals surface area contributed by atoms with Gasteiger partial charge in [-0.2, -0.15) is 10.5 Å². The number of rotatable bonds is 8. The topological polar surface area (TPSA) is 131 Å². The smallest absolute Gasteiger partial charge is 0.408 e. The molecule has 2 aromatic rings. The first-order valence-electron chi connectivity index (χ1n) is 12.7. The minimum atomic E-state index is -0.633. The number of aromatic nitrogens is 1. The summed E-state index contributed by atoms with van der Waals surface area (Å²) in [6.45, 7) is 8.26. The van der Waals surface area contributed by atoms with Crippen LogP contribution in [0.2, 0.25) is 0 Å². The van der Waals surface area contributed by atoms with Crippen LogP contribution >= 0.6 is 11.8 Å². The van der Waals surface area contributed by atoms with Crippen molar-refractivity contribution in [3.63, 3.8) is 0 Å². The van der Waals surface area contributed by atoms with Crippen LogP contribution in [0.15, 0.2) is 35.4 Å². The molecule has 0 aliphatic carbocycles. The molecule has 10 heteroatoms. The summed E-state index contributed by atoms with van der Waals surface area (Å²) in [7, 11) is 0. The van der Waals surface area contributed by atoms with Gasteiger partial charge in [0.25, 0.3) is 0 Å². The number of hydrogen-bond donors (Lipinski definition) is 2. The minimum Gasteiger partial charge on any atom is -0.444 e. The number of ether oxygens (including phenoxy) is 1. The lowest BCUT2D eigenvalue weighted by molar-refractivity contribution is -0.121. The van der Waals surface area contributed by atoms with E-state index in [2.05, 4.69) is 27.7 Å². The number of carbonyl (C=O) groups excluding carboxylic acids is 2. The van der Waals surface area contributed by atoms with Gasteiger partial charge < -0.3 is 20.3 Å². The van der Waals surface area contributed by atoms with Gasteiger partial charge in [0.1, 0.15) is 35.1 Å². The lowest BCUT2D eigenvalue weighted by Crippen LogP contribution is -2.48. The summed E-state index contributed by atoms with van der Waals surface area (Å²) in [5.41, 5.74) is 2.13. The van der Waals surface area contributed by atoms with Gasteiger partial charge in [-0.15, -0.1) is 11.8 Å². The maximum atomic E-state index is 12.3. The summed E-state index contributed by atoms with van der Waals surface area (Å²) >= 11 is 1.50. The third-order valence-corrected chi connectivity index (χ3v) is 7.04. The number of benzene rings is 1. The molecule has 0 bridgehead atoms. The van der Waals surface area contributed by atoms with E-state index in [9.17, 15) is 20.1 Å². The second-order valence-corrected chi connectivity index (χ2v) is 11.0. The van der Waals surface area contributed by atoms with Gasteiger partial charge in [0, 0.05) is 24.9 Å². The first kappa shape index (κ1) is 28.8. The first-order chi connectivity index (χ1) is 18.1. The number of anilines is 1. The van der Waals surface area contributed by atoms with Gasteiger partial charge in [0.2, 0.25) is 5.91 Å². The highest BCUT2D eigenvalue weighted by Crippen LogP contribution is 2.34. The molecule has 1 saturated heterocycles. The number of nitrogens with zero attached hydrogens (tertiary/aromatic N) is 4. The zero-order valence-electron chi connectivity index (χ0n) is 22.3. The number of thioether (sulfide) groups is 1. The van der Waals surface area contributed by atoms with Gasteiger partial charge in [0.15, 0.2) is 0 Å². The Morgan fingerprint density at radius 1 is 1.13 bits per heavy atom. The number of alkyl carbamates (subject to hydrolysis) is 1. The van der Waals surface area contributed by atoms with Crippen molar-refractivity contribution in [3.05, 3.63) is 52.6 Å². The molecule has 9 nitrogen and oxygen atoms in total. The van der Waals surface area contributed by atoms with E-state index in [4.69, 9.17) is 9.72 Å². The summed E-state index contributed by atoms with van der Waals surface area (Å²) < 4.78 is 5.16. The monoisotopic (exact) mass is 534 g/mol. The van der Waals surface area contributed by atoms with Gasteiger partial charge in [-0.25, -0.2) is 9.78 Å². The molecule has 38 heavy (non-hydrogen) atoms. The second-order valence-electron chi connectivity index (χ2n) is 10.0. The molecule has 1 aliphatic rings. The molecule has 2 heterocycles. The Morgan fingerprint density at radius 3 is 2.37 bits per heavy atom. The van der Waals surface area contributed by atoms with E-state index in [1.165, 1.54) is 11.8 Å². The normalized spacial score (nSPS) is 13.8. The fourth-order valence-electron chi connectivity index (χ4n) is 4.22. The van der Waals surface area contributed by atoms with Crippen molar-refractivity contribution in [3.8, 4) is 12.1 Å².